The van der Waals surface area contributed by atoms with Gasteiger partial charge in [0, 0.05) is 22.7 Å². The number of amides is 1. The summed E-state index contributed by atoms with van der Waals surface area (Å²) in [4.78, 5) is 21.1. The van der Waals surface area contributed by atoms with Gasteiger partial charge in [0.25, 0.3) is 12.3 Å². The van der Waals surface area contributed by atoms with Crippen LogP contribution in [0.2, 0.25) is 5.02 Å². The number of nitrogens with one attached hydrogen (secondary N) is 1. The Labute approximate surface area is 179 Å². The summed E-state index contributed by atoms with van der Waals surface area (Å²) in [5, 5.41) is 11.4. The number of rotatable bonds is 6. The molecule has 1 fully saturated rings. The first kappa shape index (κ1) is 19.6. The van der Waals surface area contributed by atoms with Crippen LogP contribution in [0.5, 0.6) is 0 Å². The number of carbonyl (C=O) groups is 1. The molecule has 0 unspecified atom stereocenters. The number of hydrogen-bond acceptors (Lipinski definition) is 5. The molecule has 158 valence electrons. The second-order valence-corrected chi connectivity index (χ2v) is 7.70. The molecule has 0 atom stereocenters. The van der Waals surface area contributed by atoms with Crippen molar-refractivity contribution in [2.45, 2.75) is 31.7 Å². The van der Waals surface area contributed by atoms with Gasteiger partial charge in [0.05, 0.1) is 6.54 Å². The van der Waals surface area contributed by atoms with Gasteiger partial charge in [0.2, 0.25) is 5.95 Å². The lowest BCUT2D eigenvalue weighted by Gasteiger charge is -2.06. The molecule has 4 aromatic rings. The number of nitrogens with zero attached hydrogens (tertiary/aromatic N) is 6. The van der Waals surface area contributed by atoms with Crippen molar-refractivity contribution >= 4 is 29.1 Å². The van der Waals surface area contributed by atoms with Crippen molar-refractivity contribution in [3.8, 4) is 0 Å². The van der Waals surface area contributed by atoms with Crippen molar-refractivity contribution in [2.75, 3.05) is 5.32 Å². The van der Waals surface area contributed by atoms with E-state index in [0.717, 1.165) is 22.9 Å². The molecule has 0 radical (unpaired) electrons. The highest BCUT2D eigenvalue weighted by Crippen LogP contribution is 2.40. The molecule has 3 aromatic heterocycles. The maximum atomic E-state index is 13.5. The fraction of sp³-hybridized carbons (Fsp3) is 0.250. The molecule has 0 saturated heterocycles. The molecule has 1 N–H and O–H groups in total. The lowest BCUT2D eigenvalue weighted by Crippen LogP contribution is -2.14. The van der Waals surface area contributed by atoms with E-state index < -0.39 is 12.3 Å². The SMILES string of the molecule is O=C(Nc1ncn(Cc2ccccc2Cl)n1)c1cc2nc(C3CC3)cc(C(F)F)n2n1. The summed E-state index contributed by atoms with van der Waals surface area (Å²) in [5.74, 6) is -0.357. The van der Waals surface area contributed by atoms with Crippen LogP contribution in [0.15, 0.2) is 42.7 Å². The van der Waals surface area contributed by atoms with Gasteiger partial charge in [-0.25, -0.2) is 27.9 Å². The molecule has 3 heterocycles. The lowest BCUT2D eigenvalue weighted by atomic mass is 10.2. The van der Waals surface area contributed by atoms with Gasteiger partial charge in [0.15, 0.2) is 11.3 Å². The predicted molar refractivity (Wildman–Crippen MR) is 108 cm³/mol. The largest absolute Gasteiger partial charge is 0.288 e. The Bertz CT molecular complexity index is 1280. The Hall–Kier alpha value is -3.40. The van der Waals surface area contributed by atoms with Crippen LogP contribution in [-0.2, 0) is 6.54 Å². The monoisotopic (exact) mass is 443 g/mol. The molecule has 1 aliphatic rings. The molecule has 31 heavy (non-hydrogen) atoms. The van der Waals surface area contributed by atoms with Crippen molar-refractivity contribution in [3.63, 3.8) is 0 Å². The van der Waals surface area contributed by atoms with Gasteiger partial charge >= 0.3 is 0 Å². The Morgan fingerprint density at radius 2 is 2.03 bits per heavy atom. The van der Waals surface area contributed by atoms with Crippen LogP contribution in [0.4, 0.5) is 14.7 Å². The molecule has 1 aromatic carbocycles. The topological polar surface area (TPSA) is 90.0 Å². The predicted octanol–water partition coefficient (Wildman–Crippen LogP) is 4.09. The van der Waals surface area contributed by atoms with Crippen LogP contribution in [0, 0.1) is 0 Å². The zero-order valence-corrected chi connectivity index (χ0v) is 16.8. The normalized spacial score (nSPS) is 13.8. The van der Waals surface area contributed by atoms with Gasteiger partial charge in [-0.15, -0.1) is 5.10 Å². The van der Waals surface area contributed by atoms with Crippen molar-refractivity contribution in [1.29, 1.82) is 0 Å². The Morgan fingerprint density at radius 1 is 1.23 bits per heavy atom. The number of halogens is 3. The maximum Gasteiger partial charge on any atom is 0.280 e. The summed E-state index contributed by atoms with van der Waals surface area (Å²) in [5.41, 5.74) is 1.33. The van der Waals surface area contributed by atoms with Crippen LogP contribution in [0.3, 0.4) is 0 Å². The van der Waals surface area contributed by atoms with Gasteiger partial charge in [0.1, 0.15) is 12.0 Å². The minimum absolute atomic E-state index is 0.0511. The van der Waals surface area contributed by atoms with Crippen LogP contribution in [0.25, 0.3) is 5.65 Å². The smallest absolute Gasteiger partial charge is 0.280 e. The van der Waals surface area contributed by atoms with E-state index in [0.29, 0.717) is 17.3 Å². The first-order valence-electron chi connectivity index (χ1n) is 9.61. The van der Waals surface area contributed by atoms with Crippen molar-refractivity contribution in [2.24, 2.45) is 0 Å². The van der Waals surface area contributed by atoms with Crippen molar-refractivity contribution in [1.82, 2.24) is 29.4 Å². The van der Waals surface area contributed by atoms with Crippen molar-refractivity contribution in [3.05, 3.63) is 70.4 Å². The highest BCUT2D eigenvalue weighted by Gasteiger charge is 2.28. The quantitative estimate of drug-likeness (QED) is 0.484. The minimum Gasteiger partial charge on any atom is -0.288 e. The number of anilines is 1. The molecule has 0 bridgehead atoms. The van der Waals surface area contributed by atoms with Gasteiger partial charge in [-0.2, -0.15) is 5.10 Å². The summed E-state index contributed by atoms with van der Waals surface area (Å²) < 4.78 is 29.5. The zero-order chi connectivity index (χ0) is 21.5. The molecular formula is C20H16ClF2N7O. The summed E-state index contributed by atoms with van der Waals surface area (Å²) in [7, 11) is 0. The summed E-state index contributed by atoms with van der Waals surface area (Å²) >= 11 is 6.15. The van der Waals surface area contributed by atoms with E-state index in [1.807, 2.05) is 18.2 Å². The van der Waals surface area contributed by atoms with Crippen molar-refractivity contribution < 1.29 is 13.6 Å². The van der Waals surface area contributed by atoms with E-state index >= 15 is 0 Å². The Balaban J connectivity index is 1.36. The number of benzene rings is 1. The lowest BCUT2D eigenvalue weighted by molar-refractivity contribution is 0.102. The maximum absolute atomic E-state index is 13.5. The average molecular weight is 444 g/mol. The molecule has 1 saturated carbocycles. The number of aromatic nitrogens is 6. The number of alkyl halides is 2. The second kappa shape index (κ2) is 7.69. The van der Waals surface area contributed by atoms with Gasteiger partial charge in [-0.1, -0.05) is 29.8 Å². The summed E-state index contributed by atoms with van der Waals surface area (Å²) in [6, 6.07) is 10.1. The minimum atomic E-state index is -2.74. The number of fused-ring (bicyclic) bond motifs is 1. The van der Waals surface area contributed by atoms with Crippen LogP contribution < -0.4 is 5.32 Å². The highest BCUT2D eigenvalue weighted by molar-refractivity contribution is 6.31. The van der Waals surface area contributed by atoms with E-state index in [4.69, 9.17) is 11.6 Å². The van der Waals surface area contributed by atoms with Crippen LogP contribution in [0.1, 0.15) is 52.6 Å². The van der Waals surface area contributed by atoms with E-state index in [2.05, 4.69) is 25.5 Å². The van der Waals surface area contributed by atoms with Gasteiger partial charge in [-0.05, 0) is 30.5 Å². The molecule has 1 aliphatic carbocycles. The average Bonchev–Trinajstić information content (AvgIpc) is 3.36. The van der Waals surface area contributed by atoms with Crippen LogP contribution >= 0.6 is 11.6 Å². The first-order chi connectivity index (χ1) is 15.0. The molecule has 8 nitrogen and oxygen atoms in total. The Morgan fingerprint density at radius 3 is 2.77 bits per heavy atom. The second-order valence-electron chi connectivity index (χ2n) is 7.29. The third-order valence-corrected chi connectivity index (χ3v) is 5.35. The van der Waals surface area contributed by atoms with E-state index in [-0.39, 0.29) is 28.9 Å². The summed E-state index contributed by atoms with van der Waals surface area (Å²) in [6.07, 6.45) is 0.577. The number of hydrogen-bond donors (Lipinski definition) is 1. The standard InChI is InChI=1S/C20H16ClF2N7O/c21-13-4-2-1-3-12(13)9-29-10-24-20(28-29)26-19(31)15-8-17-25-14(11-5-6-11)7-16(18(22)23)30(17)27-15/h1-4,7-8,10-11,18H,5-6,9H2,(H,26,28,31). The van der Waals surface area contributed by atoms with E-state index in [1.165, 1.54) is 23.1 Å². The molecule has 1 amide bonds. The molecule has 0 aliphatic heterocycles. The van der Waals surface area contributed by atoms with Crippen LogP contribution in [-0.4, -0.2) is 35.3 Å². The molecule has 5 rings (SSSR count). The first-order valence-corrected chi connectivity index (χ1v) is 9.98. The third-order valence-electron chi connectivity index (χ3n) is 4.98. The fourth-order valence-corrected chi connectivity index (χ4v) is 3.46. The highest BCUT2D eigenvalue weighted by atomic mass is 35.5. The molecular weight excluding hydrogens is 428 g/mol. The Kier molecular flexibility index (Phi) is 4.85. The van der Waals surface area contributed by atoms with E-state index in [1.54, 1.807) is 6.07 Å². The van der Waals surface area contributed by atoms with Gasteiger partial charge < -0.3 is 0 Å². The molecule has 0 spiro atoms. The molecule has 11 heteroatoms. The summed E-state index contributed by atoms with van der Waals surface area (Å²) in [6.45, 7) is 0.378. The van der Waals surface area contributed by atoms with E-state index in [9.17, 15) is 13.6 Å². The third kappa shape index (κ3) is 3.98. The zero-order valence-electron chi connectivity index (χ0n) is 16.0. The van der Waals surface area contributed by atoms with Gasteiger partial charge in [-0.3, -0.25) is 10.1 Å². The fourth-order valence-electron chi connectivity index (χ4n) is 3.27. The number of carbonyl (C=O) groups excluding carboxylic acids is 1.